The maximum Gasteiger partial charge on any atom is 0.242 e. The SMILES string of the molecule is CC(C(=O)NCC1(CO)CC1)n1cnc2ccccc21. The summed E-state index contributed by atoms with van der Waals surface area (Å²) >= 11 is 0. The molecule has 1 amide bonds. The van der Waals surface area contributed by atoms with E-state index in [0.717, 1.165) is 23.9 Å². The first kappa shape index (κ1) is 13.1. The van der Waals surface area contributed by atoms with E-state index in [2.05, 4.69) is 10.3 Å². The molecule has 1 aliphatic carbocycles. The summed E-state index contributed by atoms with van der Waals surface area (Å²) < 4.78 is 1.88. The average molecular weight is 273 g/mol. The Morgan fingerprint density at radius 3 is 2.95 bits per heavy atom. The van der Waals surface area contributed by atoms with Crippen molar-refractivity contribution in [2.24, 2.45) is 5.41 Å². The first-order chi connectivity index (χ1) is 9.65. The number of hydrogen-bond acceptors (Lipinski definition) is 3. The number of benzene rings is 1. The maximum atomic E-state index is 12.2. The predicted molar refractivity (Wildman–Crippen MR) is 76.2 cm³/mol. The van der Waals surface area contributed by atoms with Gasteiger partial charge in [-0.3, -0.25) is 4.79 Å². The van der Waals surface area contributed by atoms with Gasteiger partial charge in [0.05, 0.1) is 24.0 Å². The summed E-state index contributed by atoms with van der Waals surface area (Å²) in [6, 6.07) is 7.46. The number of fused-ring (bicyclic) bond motifs is 1. The molecule has 1 atom stereocenters. The minimum atomic E-state index is -0.308. The van der Waals surface area contributed by atoms with Gasteiger partial charge in [-0.2, -0.15) is 0 Å². The molecule has 0 aliphatic heterocycles. The molecule has 106 valence electrons. The van der Waals surface area contributed by atoms with Gasteiger partial charge >= 0.3 is 0 Å². The highest BCUT2D eigenvalue weighted by Crippen LogP contribution is 2.44. The second-order valence-corrected chi connectivity index (χ2v) is 5.69. The van der Waals surface area contributed by atoms with Gasteiger partial charge < -0.3 is 15.0 Å². The molecule has 0 radical (unpaired) electrons. The van der Waals surface area contributed by atoms with Crippen LogP contribution in [0.1, 0.15) is 25.8 Å². The number of imidazole rings is 1. The molecule has 20 heavy (non-hydrogen) atoms. The van der Waals surface area contributed by atoms with E-state index in [1.54, 1.807) is 6.33 Å². The minimum Gasteiger partial charge on any atom is -0.396 e. The van der Waals surface area contributed by atoms with Crippen molar-refractivity contribution >= 4 is 16.9 Å². The maximum absolute atomic E-state index is 12.2. The van der Waals surface area contributed by atoms with Crippen LogP contribution in [0.25, 0.3) is 11.0 Å². The Labute approximate surface area is 117 Å². The van der Waals surface area contributed by atoms with Crippen molar-refractivity contribution in [3.05, 3.63) is 30.6 Å². The second-order valence-electron chi connectivity index (χ2n) is 5.69. The molecule has 1 fully saturated rings. The van der Waals surface area contributed by atoms with Gasteiger partial charge in [0.1, 0.15) is 6.04 Å². The number of carbonyl (C=O) groups excluding carboxylic acids is 1. The fraction of sp³-hybridized carbons (Fsp3) is 0.467. The van der Waals surface area contributed by atoms with Gasteiger partial charge in [0.15, 0.2) is 0 Å². The van der Waals surface area contributed by atoms with Crippen LogP contribution >= 0.6 is 0 Å². The molecule has 1 aromatic carbocycles. The van der Waals surface area contributed by atoms with Gasteiger partial charge in [0.25, 0.3) is 0 Å². The Morgan fingerprint density at radius 1 is 1.50 bits per heavy atom. The lowest BCUT2D eigenvalue weighted by atomic mass is 10.1. The van der Waals surface area contributed by atoms with Gasteiger partial charge in [-0.15, -0.1) is 0 Å². The lowest BCUT2D eigenvalue weighted by Gasteiger charge is -2.17. The highest BCUT2D eigenvalue weighted by molar-refractivity contribution is 5.83. The Balaban J connectivity index is 1.71. The van der Waals surface area contributed by atoms with Gasteiger partial charge in [-0.05, 0) is 31.9 Å². The van der Waals surface area contributed by atoms with E-state index in [4.69, 9.17) is 0 Å². The van der Waals surface area contributed by atoms with Gasteiger partial charge in [0, 0.05) is 12.0 Å². The Hall–Kier alpha value is -1.88. The number of nitrogens with zero attached hydrogens (tertiary/aromatic N) is 2. The minimum absolute atomic E-state index is 0.0344. The fourth-order valence-electron chi connectivity index (χ4n) is 2.40. The number of rotatable bonds is 5. The van der Waals surface area contributed by atoms with Crippen molar-refractivity contribution in [3.8, 4) is 0 Å². The molecule has 2 N–H and O–H groups in total. The number of aliphatic hydroxyl groups is 1. The first-order valence-corrected chi connectivity index (χ1v) is 6.95. The van der Waals surface area contributed by atoms with Crippen LogP contribution in [0.2, 0.25) is 0 Å². The third-order valence-corrected chi connectivity index (χ3v) is 4.21. The lowest BCUT2D eigenvalue weighted by molar-refractivity contribution is -0.124. The third kappa shape index (κ3) is 2.29. The van der Waals surface area contributed by atoms with Crippen LogP contribution in [0, 0.1) is 5.41 Å². The first-order valence-electron chi connectivity index (χ1n) is 6.95. The topological polar surface area (TPSA) is 67.2 Å². The zero-order chi connectivity index (χ0) is 14.2. The van der Waals surface area contributed by atoms with Crippen LogP contribution in [0.15, 0.2) is 30.6 Å². The van der Waals surface area contributed by atoms with E-state index in [0.29, 0.717) is 6.54 Å². The number of aromatic nitrogens is 2. The summed E-state index contributed by atoms with van der Waals surface area (Å²) in [5.41, 5.74) is 1.78. The van der Waals surface area contributed by atoms with Gasteiger partial charge in [-0.1, -0.05) is 12.1 Å². The van der Waals surface area contributed by atoms with E-state index >= 15 is 0 Å². The molecular formula is C15H19N3O2. The van der Waals surface area contributed by atoms with Crippen molar-refractivity contribution in [3.63, 3.8) is 0 Å². The molecule has 5 nitrogen and oxygen atoms in total. The lowest BCUT2D eigenvalue weighted by Crippen LogP contribution is -2.36. The summed E-state index contributed by atoms with van der Waals surface area (Å²) in [5, 5.41) is 12.2. The molecular weight excluding hydrogens is 254 g/mol. The number of nitrogens with one attached hydrogen (secondary N) is 1. The molecule has 2 aromatic rings. The highest BCUT2D eigenvalue weighted by Gasteiger charge is 2.42. The van der Waals surface area contributed by atoms with E-state index in [-0.39, 0.29) is 24.0 Å². The Morgan fingerprint density at radius 2 is 2.25 bits per heavy atom. The summed E-state index contributed by atoms with van der Waals surface area (Å²) in [6.45, 7) is 2.57. The monoisotopic (exact) mass is 273 g/mol. The number of hydrogen-bond donors (Lipinski definition) is 2. The average Bonchev–Trinajstić information content (AvgIpc) is 3.15. The quantitative estimate of drug-likeness (QED) is 0.867. The van der Waals surface area contributed by atoms with E-state index in [1.165, 1.54) is 0 Å². The van der Waals surface area contributed by atoms with Crippen molar-refractivity contribution in [2.45, 2.75) is 25.8 Å². The number of amides is 1. The number of aliphatic hydroxyl groups excluding tert-OH is 1. The Bertz CT molecular complexity index is 631. The molecule has 0 bridgehead atoms. The molecule has 0 saturated heterocycles. The van der Waals surface area contributed by atoms with Gasteiger partial charge in [-0.25, -0.2) is 4.98 Å². The smallest absolute Gasteiger partial charge is 0.242 e. The molecule has 1 unspecified atom stereocenters. The van der Waals surface area contributed by atoms with Crippen LogP contribution < -0.4 is 5.32 Å². The van der Waals surface area contributed by atoms with Crippen LogP contribution in [-0.2, 0) is 4.79 Å². The summed E-state index contributed by atoms with van der Waals surface area (Å²) in [4.78, 5) is 16.5. The zero-order valence-corrected chi connectivity index (χ0v) is 11.5. The zero-order valence-electron chi connectivity index (χ0n) is 11.5. The van der Waals surface area contributed by atoms with Crippen LogP contribution in [-0.4, -0.2) is 33.7 Å². The summed E-state index contributed by atoms with van der Waals surface area (Å²) in [6.07, 6.45) is 3.69. The van der Waals surface area contributed by atoms with E-state index in [9.17, 15) is 9.90 Å². The normalized spacial score (nSPS) is 17.9. The van der Waals surface area contributed by atoms with E-state index < -0.39 is 0 Å². The predicted octanol–water partition coefficient (Wildman–Crippen LogP) is 1.49. The van der Waals surface area contributed by atoms with Crippen molar-refractivity contribution in [1.29, 1.82) is 0 Å². The molecule has 1 aromatic heterocycles. The second kappa shape index (κ2) is 4.90. The van der Waals surface area contributed by atoms with Crippen molar-refractivity contribution < 1.29 is 9.90 Å². The molecule has 5 heteroatoms. The molecule has 3 rings (SSSR count). The standard InChI is InChI=1S/C15H19N3O2/c1-11(14(20)16-8-15(9-19)6-7-15)18-10-17-12-4-2-3-5-13(12)18/h2-5,10-11,19H,6-9H2,1H3,(H,16,20). The molecule has 1 heterocycles. The van der Waals surface area contributed by atoms with Crippen LogP contribution in [0.4, 0.5) is 0 Å². The Kier molecular flexibility index (Phi) is 3.22. The molecule has 0 spiro atoms. The van der Waals surface area contributed by atoms with Gasteiger partial charge in [0.2, 0.25) is 5.91 Å². The van der Waals surface area contributed by atoms with Crippen LogP contribution in [0.3, 0.4) is 0 Å². The van der Waals surface area contributed by atoms with E-state index in [1.807, 2.05) is 35.8 Å². The molecule has 1 saturated carbocycles. The third-order valence-electron chi connectivity index (χ3n) is 4.21. The molecule has 1 aliphatic rings. The fourth-order valence-corrected chi connectivity index (χ4v) is 2.40. The summed E-state index contributed by atoms with van der Waals surface area (Å²) in [5.74, 6) is -0.0344. The van der Waals surface area contributed by atoms with Crippen molar-refractivity contribution in [1.82, 2.24) is 14.9 Å². The van der Waals surface area contributed by atoms with Crippen LogP contribution in [0.5, 0.6) is 0 Å². The summed E-state index contributed by atoms with van der Waals surface area (Å²) in [7, 11) is 0. The highest BCUT2D eigenvalue weighted by atomic mass is 16.3. The number of carbonyl (C=O) groups is 1. The number of para-hydroxylation sites is 2. The van der Waals surface area contributed by atoms with Crippen molar-refractivity contribution in [2.75, 3.05) is 13.2 Å². The largest absolute Gasteiger partial charge is 0.396 e.